The summed E-state index contributed by atoms with van der Waals surface area (Å²) in [5.74, 6) is -0.724. The molecule has 2 N–H and O–H groups in total. The Kier molecular flexibility index (Phi) is 7.27. The predicted octanol–water partition coefficient (Wildman–Crippen LogP) is 1.02. The van der Waals surface area contributed by atoms with E-state index in [2.05, 4.69) is 5.32 Å². The van der Waals surface area contributed by atoms with Crippen molar-refractivity contribution in [3.63, 3.8) is 0 Å². The molecule has 0 unspecified atom stereocenters. The summed E-state index contributed by atoms with van der Waals surface area (Å²) in [5.41, 5.74) is -0.574. The molecule has 0 aromatic heterocycles. The highest BCUT2D eigenvalue weighted by Gasteiger charge is 2.26. The van der Waals surface area contributed by atoms with Gasteiger partial charge >= 0.3 is 5.97 Å². The highest BCUT2D eigenvalue weighted by molar-refractivity contribution is 5.88. The number of hydrogen-bond donors (Lipinski definition) is 2. The summed E-state index contributed by atoms with van der Waals surface area (Å²) >= 11 is 0. The van der Waals surface area contributed by atoms with E-state index < -0.39 is 17.4 Å². The minimum absolute atomic E-state index is 0.000731. The van der Waals surface area contributed by atoms with E-state index in [0.29, 0.717) is 6.42 Å². The molecule has 0 saturated heterocycles. The summed E-state index contributed by atoms with van der Waals surface area (Å²) in [6.45, 7) is 7.26. The lowest BCUT2D eigenvalue weighted by atomic mass is 9.95. The van der Waals surface area contributed by atoms with Crippen molar-refractivity contribution in [2.75, 3.05) is 13.2 Å². The number of nitrogens with one attached hydrogen (secondary N) is 1. The first-order chi connectivity index (χ1) is 8.32. The van der Waals surface area contributed by atoms with Crippen LogP contribution in [-0.2, 0) is 14.3 Å². The molecule has 1 atom stereocenters. The van der Waals surface area contributed by atoms with Gasteiger partial charge in [-0.1, -0.05) is 32.9 Å². The largest absolute Gasteiger partial charge is 0.464 e. The van der Waals surface area contributed by atoms with E-state index in [1.165, 1.54) is 6.08 Å². The minimum atomic E-state index is -0.803. The number of carbonyl (C=O) groups excluding carboxylic acids is 2. The second-order valence-corrected chi connectivity index (χ2v) is 4.89. The van der Waals surface area contributed by atoms with Gasteiger partial charge in [-0.15, -0.1) is 0 Å². The van der Waals surface area contributed by atoms with Gasteiger partial charge in [-0.3, -0.25) is 4.79 Å². The first-order valence-corrected chi connectivity index (χ1v) is 6.08. The standard InChI is InChI=1S/C13H23NO4/c1-5-18-11(16)10(8-6-7-9-15)14-12(17)13(2,3)4/h6,8,10,15H,5,7,9H2,1-4H3,(H,14,17)/b8-6+/t10-/m1/s1. The second-order valence-electron chi connectivity index (χ2n) is 4.89. The zero-order valence-electron chi connectivity index (χ0n) is 11.5. The van der Waals surface area contributed by atoms with Crippen molar-refractivity contribution in [2.45, 2.75) is 40.2 Å². The van der Waals surface area contributed by atoms with Gasteiger partial charge in [0.25, 0.3) is 0 Å². The third-order valence-electron chi connectivity index (χ3n) is 2.13. The van der Waals surface area contributed by atoms with Crippen LogP contribution in [0, 0.1) is 5.41 Å². The fraction of sp³-hybridized carbons (Fsp3) is 0.692. The quantitative estimate of drug-likeness (QED) is 0.550. The fourth-order valence-corrected chi connectivity index (χ4v) is 1.08. The Labute approximate surface area is 108 Å². The number of carbonyl (C=O) groups is 2. The molecule has 0 aliphatic heterocycles. The lowest BCUT2D eigenvalue weighted by Gasteiger charge is -2.21. The first-order valence-electron chi connectivity index (χ1n) is 6.08. The van der Waals surface area contributed by atoms with E-state index >= 15 is 0 Å². The highest BCUT2D eigenvalue weighted by atomic mass is 16.5. The van der Waals surface area contributed by atoms with Crippen LogP contribution in [0.1, 0.15) is 34.1 Å². The Balaban J connectivity index is 4.66. The van der Waals surface area contributed by atoms with Gasteiger partial charge in [-0.2, -0.15) is 0 Å². The van der Waals surface area contributed by atoms with E-state index in [-0.39, 0.29) is 19.1 Å². The van der Waals surface area contributed by atoms with Crippen molar-refractivity contribution in [2.24, 2.45) is 5.41 Å². The molecular weight excluding hydrogens is 234 g/mol. The number of hydrogen-bond acceptors (Lipinski definition) is 4. The van der Waals surface area contributed by atoms with E-state index in [1.54, 1.807) is 33.8 Å². The van der Waals surface area contributed by atoms with Crippen LogP contribution in [0.3, 0.4) is 0 Å². The maximum Gasteiger partial charge on any atom is 0.332 e. The van der Waals surface area contributed by atoms with Crippen molar-refractivity contribution < 1.29 is 19.4 Å². The third kappa shape index (κ3) is 6.39. The van der Waals surface area contributed by atoms with E-state index in [9.17, 15) is 9.59 Å². The van der Waals surface area contributed by atoms with E-state index in [4.69, 9.17) is 9.84 Å². The fourth-order valence-electron chi connectivity index (χ4n) is 1.08. The maximum absolute atomic E-state index is 11.8. The number of aliphatic hydroxyl groups is 1. The summed E-state index contributed by atoms with van der Waals surface area (Å²) in [6, 6.07) is -0.803. The molecule has 104 valence electrons. The SMILES string of the molecule is CCOC(=O)[C@@H](/C=C/CCO)NC(=O)C(C)(C)C. The Bertz CT molecular complexity index is 305. The Morgan fingerprint density at radius 3 is 2.44 bits per heavy atom. The van der Waals surface area contributed by atoms with Gasteiger partial charge in [-0.05, 0) is 13.3 Å². The second kappa shape index (κ2) is 7.87. The average molecular weight is 257 g/mol. The topological polar surface area (TPSA) is 75.6 Å². The van der Waals surface area contributed by atoms with Crippen LogP contribution in [0.15, 0.2) is 12.2 Å². The molecule has 0 radical (unpaired) electrons. The number of rotatable bonds is 6. The van der Waals surface area contributed by atoms with Gasteiger partial charge < -0.3 is 15.2 Å². The van der Waals surface area contributed by atoms with Crippen LogP contribution in [0.25, 0.3) is 0 Å². The third-order valence-corrected chi connectivity index (χ3v) is 2.13. The summed E-state index contributed by atoms with van der Waals surface area (Å²) in [7, 11) is 0. The van der Waals surface area contributed by atoms with Crippen molar-refractivity contribution in [3.05, 3.63) is 12.2 Å². The molecule has 0 aliphatic carbocycles. The molecule has 0 aromatic rings. The van der Waals surface area contributed by atoms with Crippen molar-refractivity contribution in [1.82, 2.24) is 5.32 Å². The van der Waals surface area contributed by atoms with Crippen LogP contribution in [0.5, 0.6) is 0 Å². The average Bonchev–Trinajstić information content (AvgIpc) is 2.26. The van der Waals surface area contributed by atoms with Gasteiger partial charge in [-0.25, -0.2) is 4.79 Å². The zero-order valence-corrected chi connectivity index (χ0v) is 11.5. The maximum atomic E-state index is 11.8. The lowest BCUT2D eigenvalue weighted by Crippen LogP contribution is -2.45. The molecule has 0 heterocycles. The summed E-state index contributed by atoms with van der Waals surface area (Å²) in [4.78, 5) is 23.5. The molecule has 0 fully saturated rings. The van der Waals surface area contributed by atoms with Gasteiger partial charge in [0.1, 0.15) is 6.04 Å². The Morgan fingerprint density at radius 2 is 2.00 bits per heavy atom. The summed E-state index contributed by atoms with van der Waals surface area (Å²) in [6.07, 6.45) is 3.61. The van der Waals surface area contributed by atoms with Crippen LogP contribution < -0.4 is 5.32 Å². The zero-order chi connectivity index (χ0) is 14.2. The van der Waals surface area contributed by atoms with Crippen LogP contribution in [0.2, 0.25) is 0 Å². The lowest BCUT2D eigenvalue weighted by molar-refractivity contribution is -0.146. The number of aliphatic hydroxyl groups excluding tert-OH is 1. The van der Waals surface area contributed by atoms with Crippen LogP contribution in [-0.4, -0.2) is 36.2 Å². The van der Waals surface area contributed by atoms with Gasteiger partial charge in [0, 0.05) is 12.0 Å². The summed E-state index contributed by atoms with van der Waals surface area (Å²) in [5, 5.41) is 11.3. The van der Waals surface area contributed by atoms with E-state index in [1.807, 2.05) is 0 Å². The number of amides is 1. The molecule has 0 bridgehead atoms. The normalized spacial score (nSPS) is 13.4. The highest BCUT2D eigenvalue weighted by Crippen LogP contribution is 2.13. The molecule has 5 nitrogen and oxygen atoms in total. The van der Waals surface area contributed by atoms with Crippen molar-refractivity contribution in [3.8, 4) is 0 Å². The molecule has 5 heteroatoms. The van der Waals surface area contributed by atoms with Gasteiger partial charge in [0.15, 0.2) is 0 Å². The molecule has 0 aromatic carbocycles. The van der Waals surface area contributed by atoms with Crippen LogP contribution in [0.4, 0.5) is 0 Å². The molecule has 0 saturated carbocycles. The number of esters is 1. The monoisotopic (exact) mass is 257 g/mol. The van der Waals surface area contributed by atoms with E-state index in [0.717, 1.165) is 0 Å². The van der Waals surface area contributed by atoms with Gasteiger partial charge in [0.05, 0.1) is 6.61 Å². The molecule has 0 spiro atoms. The van der Waals surface area contributed by atoms with Crippen molar-refractivity contribution >= 4 is 11.9 Å². The molecule has 18 heavy (non-hydrogen) atoms. The Hall–Kier alpha value is -1.36. The van der Waals surface area contributed by atoms with Crippen LogP contribution >= 0.6 is 0 Å². The molecular formula is C13H23NO4. The Morgan fingerprint density at radius 1 is 1.39 bits per heavy atom. The molecule has 0 aliphatic rings. The first kappa shape index (κ1) is 16.6. The van der Waals surface area contributed by atoms with Crippen molar-refractivity contribution in [1.29, 1.82) is 0 Å². The predicted molar refractivity (Wildman–Crippen MR) is 68.9 cm³/mol. The number of ether oxygens (including phenoxy) is 1. The van der Waals surface area contributed by atoms with Gasteiger partial charge in [0.2, 0.25) is 5.91 Å². The molecule has 1 amide bonds. The summed E-state index contributed by atoms with van der Waals surface area (Å²) < 4.78 is 4.88. The minimum Gasteiger partial charge on any atom is -0.464 e. The smallest absolute Gasteiger partial charge is 0.332 e. The molecule has 0 rings (SSSR count).